The Morgan fingerprint density at radius 1 is 1.22 bits per heavy atom. The number of ether oxygens (including phenoxy) is 1. The van der Waals surface area contributed by atoms with Crippen LogP contribution in [0.5, 0.6) is 0 Å². The number of nitrogens with one attached hydrogen (secondary N) is 1. The fourth-order valence-electron chi connectivity index (χ4n) is 2.00. The summed E-state index contributed by atoms with van der Waals surface area (Å²) in [6.45, 7) is 4.51. The first kappa shape index (κ1) is 13.1. The van der Waals surface area contributed by atoms with Gasteiger partial charge in [0.15, 0.2) is 0 Å². The predicted molar refractivity (Wildman–Crippen MR) is 70.2 cm³/mol. The van der Waals surface area contributed by atoms with Crippen LogP contribution in [0.3, 0.4) is 0 Å². The van der Waals surface area contributed by atoms with Crippen molar-refractivity contribution in [3.05, 3.63) is 35.9 Å². The summed E-state index contributed by atoms with van der Waals surface area (Å²) in [4.78, 5) is 13.7. The Hall–Kier alpha value is -1.39. The van der Waals surface area contributed by atoms with Crippen LogP contribution in [-0.2, 0) is 16.1 Å². The maximum absolute atomic E-state index is 11.8. The van der Waals surface area contributed by atoms with Crippen LogP contribution in [0.25, 0.3) is 0 Å². The lowest BCUT2D eigenvalue weighted by atomic mass is 10.2. The van der Waals surface area contributed by atoms with Crippen molar-refractivity contribution in [1.82, 2.24) is 10.2 Å². The van der Waals surface area contributed by atoms with Crippen LogP contribution in [0.4, 0.5) is 0 Å². The van der Waals surface area contributed by atoms with Crippen molar-refractivity contribution in [2.45, 2.75) is 13.0 Å². The van der Waals surface area contributed by atoms with Crippen molar-refractivity contribution < 1.29 is 9.53 Å². The maximum Gasteiger partial charge on any atom is 0.224 e. The molecule has 1 aliphatic rings. The molecule has 4 heteroatoms. The zero-order chi connectivity index (χ0) is 12.6. The lowest BCUT2D eigenvalue weighted by Crippen LogP contribution is -2.46. The molecule has 18 heavy (non-hydrogen) atoms. The first-order valence-corrected chi connectivity index (χ1v) is 6.46. The van der Waals surface area contributed by atoms with Gasteiger partial charge in [-0.2, -0.15) is 0 Å². The van der Waals surface area contributed by atoms with E-state index in [1.807, 2.05) is 35.2 Å². The topological polar surface area (TPSA) is 41.6 Å². The molecule has 0 aromatic heterocycles. The van der Waals surface area contributed by atoms with Crippen LogP contribution in [0.2, 0.25) is 0 Å². The Balaban J connectivity index is 1.61. The lowest BCUT2D eigenvalue weighted by Gasteiger charge is -2.27. The molecular formula is C14H20N2O2. The minimum atomic E-state index is 0.199. The number of benzene rings is 1. The predicted octanol–water partition coefficient (Wildman–Crippen LogP) is 1.03. The third kappa shape index (κ3) is 4.13. The van der Waals surface area contributed by atoms with Gasteiger partial charge in [-0.25, -0.2) is 0 Å². The highest BCUT2D eigenvalue weighted by Crippen LogP contribution is 2.02. The maximum atomic E-state index is 11.8. The molecule has 4 nitrogen and oxygen atoms in total. The van der Waals surface area contributed by atoms with E-state index in [-0.39, 0.29) is 5.91 Å². The van der Waals surface area contributed by atoms with E-state index in [4.69, 9.17) is 4.74 Å². The van der Waals surface area contributed by atoms with Gasteiger partial charge in [0.2, 0.25) is 5.91 Å². The van der Waals surface area contributed by atoms with E-state index in [0.29, 0.717) is 19.6 Å². The molecule has 1 fully saturated rings. The van der Waals surface area contributed by atoms with Gasteiger partial charge in [-0.15, -0.1) is 0 Å². The molecule has 1 heterocycles. The molecule has 0 bridgehead atoms. The second-order valence-corrected chi connectivity index (χ2v) is 4.42. The molecule has 0 spiro atoms. The number of hydrogen-bond acceptors (Lipinski definition) is 3. The summed E-state index contributed by atoms with van der Waals surface area (Å²) in [6, 6.07) is 10.0. The summed E-state index contributed by atoms with van der Waals surface area (Å²) in [5, 5.41) is 3.23. The van der Waals surface area contributed by atoms with Crippen molar-refractivity contribution in [3.63, 3.8) is 0 Å². The van der Waals surface area contributed by atoms with Gasteiger partial charge < -0.3 is 15.0 Å². The smallest absolute Gasteiger partial charge is 0.224 e. The Morgan fingerprint density at radius 3 is 2.67 bits per heavy atom. The largest absolute Gasteiger partial charge is 0.376 e. The number of carbonyl (C=O) groups is 1. The monoisotopic (exact) mass is 248 g/mol. The van der Waals surface area contributed by atoms with E-state index < -0.39 is 0 Å². The number of rotatable bonds is 5. The highest BCUT2D eigenvalue weighted by atomic mass is 16.5. The molecule has 0 atom stereocenters. The van der Waals surface area contributed by atoms with Crippen molar-refractivity contribution in [2.24, 2.45) is 0 Å². The van der Waals surface area contributed by atoms with Gasteiger partial charge >= 0.3 is 0 Å². The summed E-state index contributed by atoms with van der Waals surface area (Å²) < 4.78 is 5.52. The van der Waals surface area contributed by atoms with Gasteiger partial charge in [0.1, 0.15) is 0 Å². The third-order valence-corrected chi connectivity index (χ3v) is 3.04. The summed E-state index contributed by atoms with van der Waals surface area (Å²) in [7, 11) is 0. The number of piperazine rings is 1. The van der Waals surface area contributed by atoms with Crippen molar-refractivity contribution >= 4 is 5.91 Å². The molecule has 0 saturated carbocycles. The average Bonchev–Trinajstić information content (AvgIpc) is 2.45. The van der Waals surface area contributed by atoms with Crippen LogP contribution >= 0.6 is 0 Å². The minimum absolute atomic E-state index is 0.199. The minimum Gasteiger partial charge on any atom is -0.376 e. The zero-order valence-electron chi connectivity index (χ0n) is 10.6. The molecule has 1 aromatic carbocycles. The zero-order valence-corrected chi connectivity index (χ0v) is 10.6. The third-order valence-electron chi connectivity index (χ3n) is 3.04. The van der Waals surface area contributed by atoms with E-state index in [1.54, 1.807) is 0 Å². The van der Waals surface area contributed by atoms with Crippen molar-refractivity contribution in [1.29, 1.82) is 0 Å². The highest BCUT2D eigenvalue weighted by Gasteiger charge is 2.15. The normalized spacial score (nSPS) is 15.7. The van der Waals surface area contributed by atoms with E-state index >= 15 is 0 Å². The summed E-state index contributed by atoms with van der Waals surface area (Å²) >= 11 is 0. The fourth-order valence-corrected chi connectivity index (χ4v) is 2.00. The summed E-state index contributed by atoms with van der Waals surface area (Å²) in [5.74, 6) is 0.199. The van der Waals surface area contributed by atoms with E-state index in [0.717, 1.165) is 31.7 Å². The molecule has 1 N–H and O–H groups in total. The van der Waals surface area contributed by atoms with Crippen molar-refractivity contribution in [3.8, 4) is 0 Å². The second-order valence-electron chi connectivity index (χ2n) is 4.42. The van der Waals surface area contributed by atoms with Gasteiger partial charge in [0.05, 0.1) is 19.6 Å². The van der Waals surface area contributed by atoms with Gasteiger partial charge in [-0.05, 0) is 5.56 Å². The molecule has 1 saturated heterocycles. The Kier molecular flexibility index (Phi) is 5.17. The van der Waals surface area contributed by atoms with Crippen molar-refractivity contribution in [2.75, 3.05) is 32.8 Å². The molecule has 1 aromatic rings. The molecule has 0 aliphatic carbocycles. The van der Waals surface area contributed by atoms with Crippen LogP contribution in [-0.4, -0.2) is 43.6 Å². The molecular weight excluding hydrogens is 228 g/mol. The molecule has 1 amide bonds. The molecule has 1 aliphatic heterocycles. The number of hydrogen-bond donors (Lipinski definition) is 1. The molecule has 0 unspecified atom stereocenters. The average molecular weight is 248 g/mol. The van der Waals surface area contributed by atoms with Crippen LogP contribution in [0.1, 0.15) is 12.0 Å². The Labute approximate surface area is 108 Å². The first-order valence-electron chi connectivity index (χ1n) is 6.46. The van der Waals surface area contributed by atoms with Gasteiger partial charge in [0, 0.05) is 26.2 Å². The van der Waals surface area contributed by atoms with Crippen LogP contribution in [0.15, 0.2) is 30.3 Å². The fraction of sp³-hybridized carbons (Fsp3) is 0.500. The van der Waals surface area contributed by atoms with Crippen LogP contribution < -0.4 is 5.32 Å². The summed E-state index contributed by atoms with van der Waals surface area (Å²) in [6.07, 6.45) is 0.479. The van der Waals surface area contributed by atoms with Crippen LogP contribution in [0, 0.1) is 0 Å². The molecule has 98 valence electrons. The number of amides is 1. The quantitative estimate of drug-likeness (QED) is 0.791. The van der Waals surface area contributed by atoms with E-state index in [2.05, 4.69) is 5.32 Å². The highest BCUT2D eigenvalue weighted by molar-refractivity contribution is 5.76. The first-order chi connectivity index (χ1) is 8.86. The molecule has 0 radical (unpaired) electrons. The number of nitrogens with zero attached hydrogens (tertiary/aromatic N) is 1. The summed E-state index contributed by atoms with van der Waals surface area (Å²) in [5.41, 5.74) is 1.15. The standard InChI is InChI=1S/C14H20N2O2/c17-14(16-9-7-15-8-10-16)6-11-18-12-13-4-2-1-3-5-13/h1-5,15H,6-12H2. The van der Waals surface area contributed by atoms with E-state index in [9.17, 15) is 4.79 Å². The molecule has 2 rings (SSSR count). The van der Waals surface area contributed by atoms with Gasteiger partial charge in [0.25, 0.3) is 0 Å². The Morgan fingerprint density at radius 2 is 1.94 bits per heavy atom. The SMILES string of the molecule is O=C(CCOCc1ccccc1)N1CCNCC1. The van der Waals surface area contributed by atoms with Gasteiger partial charge in [-0.1, -0.05) is 30.3 Å². The van der Waals surface area contributed by atoms with E-state index in [1.165, 1.54) is 0 Å². The number of carbonyl (C=O) groups excluding carboxylic acids is 1. The van der Waals surface area contributed by atoms with Gasteiger partial charge in [-0.3, -0.25) is 4.79 Å². The Bertz CT molecular complexity index is 361. The second kappa shape index (κ2) is 7.13. The lowest BCUT2D eigenvalue weighted by molar-refractivity contribution is -0.133.